The number of aromatic nitrogens is 4. The molecule has 0 radical (unpaired) electrons. The van der Waals surface area contributed by atoms with Gasteiger partial charge in [-0.1, -0.05) is 30.3 Å². The summed E-state index contributed by atoms with van der Waals surface area (Å²) in [5, 5.41) is 14.9. The van der Waals surface area contributed by atoms with E-state index < -0.39 is 0 Å². The molecule has 3 N–H and O–H groups in total. The number of fused-ring (bicyclic) bond motifs is 3. The van der Waals surface area contributed by atoms with E-state index in [1.54, 1.807) is 29.0 Å². The summed E-state index contributed by atoms with van der Waals surface area (Å²) in [4.78, 5) is 9.16. The molecular formula is C20H17N5O3. The maximum absolute atomic E-state index is 9.88. The van der Waals surface area contributed by atoms with Crippen molar-refractivity contribution in [2.45, 2.75) is 12.3 Å². The Balaban J connectivity index is 1.74. The van der Waals surface area contributed by atoms with Crippen LogP contribution in [-0.4, -0.2) is 31.5 Å². The second-order valence-corrected chi connectivity index (χ2v) is 6.57. The molecule has 0 amide bonds. The topological polar surface area (TPSA) is 108 Å². The molecule has 140 valence electrons. The van der Waals surface area contributed by atoms with E-state index in [2.05, 4.69) is 22.2 Å². The van der Waals surface area contributed by atoms with Crippen LogP contribution in [0.5, 0.6) is 5.75 Å². The number of rotatable bonds is 4. The summed E-state index contributed by atoms with van der Waals surface area (Å²) >= 11 is 0. The molecule has 0 fully saturated rings. The smallest absolute Gasteiger partial charge is 0.240 e. The lowest BCUT2D eigenvalue weighted by molar-refractivity contribution is 0.0747. The zero-order valence-corrected chi connectivity index (χ0v) is 14.8. The van der Waals surface area contributed by atoms with Crippen LogP contribution in [0.25, 0.3) is 16.6 Å². The first-order chi connectivity index (χ1) is 13.7. The number of nitrogens with two attached hydrogens (primary N) is 1. The van der Waals surface area contributed by atoms with Crippen LogP contribution >= 0.6 is 0 Å². The molecule has 0 bridgehead atoms. The van der Waals surface area contributed by atoms with Crippen molar-refractivity contribution in [3.63, 3.8) is 0 Å². The van der Waals surface area contributed by atoms with Crippen molar-refractivity contribution in [3.8, 4) is 5.75 Å². The predicted molar refractivity (Wildman–Crippen MR) is 102 cm³/mol. The summed E-state index contributed by atoms with van der Waals surface area (Å²) in [5.74, 6) is 1.33. The van der Waals surface area contributed by atoms with Gasteiger partial charge in [0.2, 0.25) is 12.7 Å². The van der Waals surface area contributed by atoms with Crippen LogP contribution in [0.4, 0.5) is 5.95 Å². The fraction of sp³-hybridized carbons (Fsp3) is 0.150. The molecule has 5 rings (SSSR count). The largest absolute Gasteiger partial charge is 0.508 e. The minimum absolute atomic E-state index is 0.126. The lowest BCUT2D eigenvalue weighted by Gasteiger charge is -2.18. The molecule has 1 atom stereocenters. The highest BCUT2D eigenvalue weighted by Gasteiger charge is 2.28. The van der Waals surface area contributed by atoms with Crippen molar-refractivity contribution in [2.75, 3.05) is 12.5 Å². The van der Waals surface area contributed by atoms with Gasteiger partial charge < -0.3 is 20.3 Å². The molecule has 0 spiro atoms. The molecule has 0 aliphatic carbocycles. The lowest BCUT2D eigenvalue weighted by Crippen LogP contribution is -2.15. The SMILES string of the molecule is Nc1nc2c3cc(O)ccc3nc(C(Cc3ccccc3)C3=COCO3)n2n1. The molecule has 2 aromatic carbocycles. The number of hydrogen-bond donors (Lipinski definition) is 2. The van der Waals surface area contributed by atoms with E-state index >= 15 is 0 Å². The summed E-state index contributed by atoms with van der Waals surface area (Å²) in [6, 6.07) is 15.0. The third-order valence-corrected chi connectivity index (χ3v) is 4.73. The molecule has 2 aromatic heterocycles. The van der Waals surface area contributed by atoms with E-state index in [9.17, 15) is 5.11 Å². The summed E-state index contributed by atoms with van der Waals surface area (Å²) < 4.78 is 12.6. The number of benzene rings is 2. The monoisotopic (exact) mass is 375 g/mol. The van der Waals surface area contributed by atoms with E-state index in [1.165, 1.54) is 0 Å². The Hall–Kier alpha value is -3.81. The van der Waals surface area contributed by atoms with Gasteiger partial charge in [0, 0.05) is 5.39 Å². The zero-order chi connectivity index (χ0) is 19.1. The average Bonchev–Trinajstić information content (AvgIpc) is 3.36. The second-order valence-electron chi connectivity index (χ2n) is 6.57. The summed E-state index contributed by atoms with van der Waals surface area (Å²) in [5.41, 5.74) is 8.23. The normalized spacial score (nSPS) is 14.6. The highest BCUT2D eigenvalue weighted by Crippen LogP contribution is 2.33. The van der Waals surface area contributed by atoms with Crippen LogP contribution in [0, 0.1) is 0 Å². The van der Waals surface area contributed by atoms with Gasteiger partial charge in [0.15, 0.2) is 5.65 Å². The van der Waals surface area contributed by atoms with Crippen LogP contribution in [0.2, 0.25) is 0 Å². The molecule has 1 aliphatic heterocycles. The minimum atomic E-state index is -0.244. The number of nitrogens with zero attached hydrogens (tertiary/aromatic N) is 4. The first-order valence-corrected chi connectivity index (χ1v) is 8.82. The van der Waals surface area contributed by atoms with Crippen molar-refractivity contribution in [1.29, 1.82) is 0 Å². The van der Waals surface area contributed by atoms with Crippen molar-refractivity contribution < 1.29 is 14.6 Å². The van der Waals surface area contributed by atoms with Gasteiger partial charge in [0.25, 0.3) is 0 Å². The van der Waals surface area contributed by atoms with Crippen LogP contribution in [0.15, 0.2) is 60.6 Å². The number of phenols is 1. The minimum Gasteiger partial charge on any atom is -0.508 e. The average molecular weight is 375 g/mol. The van der Waals surface area contributed by atoms with Crippen molar-refractivity contribution in [2.24, 2.45) is 0 Å². The Morgan fingerprint density at radius 2 is 2.00 bits per heavy atom. The van der Waals surface area contributed by atoms with E-state index in [0.29, 0.717) is 34.6 Å². The van der Waals surface area contributed by atoms with Crippen LogP contribution in [0.3, 0.4) is 0 Å². The third-order valence-electron chi connectivity index (χ3n) is 4.73. The van der Waals surface area contributed by atoms with Crippen molar-refractivity contribution in [3.05, 3.63) is 71.9 Å². The van der Waals surface area contributed by atoms with Gasteiger partial charge in [-0.25, -0.2) is 4.98 Å². The third kappa shape index (κ3) is 2.75. The van der Waals surface area contributed by atoms with Crippen molar-refractivity contribution >= 4 is 22.5 Å². The standard InChI is InChI=1S/C20H17N5O3/c21-20-23-18-14-9-13(26)6-7-16(14)22-19(25(18)24-20)15(17-10-27-11-28-17)8-12-4-2-1-3-5-12/h1-7,9-10,15,26H,8,11H2,(H2,21,24). The zero-order valence-electron chi connectivity index (χ0n) is 14.8. The fourth-order valence-corrected chi connectivity index (χ4v) is 3.46. The van der Waals surface area contributed by atoms with Gasteiger partial charge >= 0.3 is 0 Å². The fourth-order valence-electron chi connectivity index (χ4n) is 3.46. The Kier molecular flexibility index (Phi) is 3.75. The number of hydrogen-bond acceptors (Lipinski definition) is 7. The van der Waals surface area contributed by atoms with Crippen LogP contribution in [0.1, 0.15) is 17.3 Å². The highest BCUT2D eigenvalue weighted by atomic mass is 16.7. The number of aromatic hydroxyl groups is 1. The molecular weight excluding hydrogens is 358 g/mol. The summed E-state index contributed by atoms with van der Waals surface area (Å²) in [6.07, 6.45) is 2.25. The summed E-state index contributed by atoms with van der Waals surface area (Å²) in [7, 11) is 0. The van der Waals surface area contributed by atoms with Gasteiger partial charge in [-0.2, -0.15) is 9.50 Å². The first-order valence-electron chi connectivity index (χ1n) is 8.82. The van der Waals surface area contributed by atoms with E-state index in [-0.39, 0.29) is 24.4 Å². The van der Waals surface area contributed by atoms with E-state index in [1.807, 2.05) is 18.2 Å². The Morgan fingerprint density at radius 3 is 2.79 bits per heavy atom. The van der Waals surface area contributed by atoms with Gasteiger partial charge in [-0.15, -0.1) is 5.10 Å². The Labute approximate surface area is 159 Å². The maximum Gasteiger partial charge on any atom is 0.240 e. The first kappa shape index (κ1) is 16.4. The quantitative estimate of drug-likeness (QED) is 0.565. The number of phenolic OH excluding ortho intramolecular Hbond substituents is 1. The number of allylic oxidation sites excluding steroid dienone is 1. The number of anilines is 1. The molecule has 8 nitrogen and oxygen atoms in total. The molecule has 0 saturated heterocycles. The number of nitrogen functional groups attached to an aromatic ring is 1. The van der Waals surface area contributed by atoms with E-state index in [4.69, 9.17) is 20.2 Å². The summed E-state index contributed by atoms with van der Waals surface area (Å²) in [6.45, 7) is 0.171. The molecule has 1 unspecified atom stereocenters. The predicted octanol–water partition coefficient (Wildman–Crippen LogP) is 2.74. The molecule has 28 heavy (non-hydrogen) atoms. The molecule has 3 heterocycles. The van der Waals surface area contributed by atoms with E-state index in [0.717, 1.165) is 5.56 Å². The number of ether oxygens (including phenoxy) is 2. The molecule has 4 aromatic rings. The van der Waals surface area contributed by atoms with Crippen molar-refractivity contribution in [1.82, 2.24) is 19.6 Å². The van der Waals surface area contributed by atoms with Crippen LogP contribution in [-0.2, 0) is 15.9 Å². The van der Waals surface area contributed by atoms with Crippen LogP contribution < -0.4 is 5.73 Å². The molecule has 8 heteroatoms. The Morgan fingerprint density at radius 1 is 1.14 bits per heavy atom. The van der Waals surface area contributed by atoms with Gasteiger partial charge in [0.05, 0.1) is 11.4 Å². The van der Waals surface area contributed by atoms with Gasteiger partial charge in [0.1, 0.15) is 23.6 Å². The lowest BCUT2D eigenvalue weighted by atomic mass is 9.96. The Bertz CT molecular complexity index is 1200. The molecule has 1 aliphatic rings. The molecule has 0 saturated carbocycles. The second kappa shape index (κ2) is 6.41. The maximum atomic E-state index is 9.88. The highest BCUT2D eigenvalue weighted by molar-refractivity contribution is 5.92. The van der Waals surface area contributed by atoms with Gasteiger partial charge in [-0.05, 0) is 30.2 Å². The van der Waals surface area contributed by atoms with Gasteiger partial charge in [-0.3, -0.25) is 0 Å².